The van der Waals surface area contributed by atoms with Gasteiger partial charge in [0.05, 0.1) is 23.1 Å². The van der Waals surface area contributed by atoms with Crippen LogP contribution in [-0.4, -0.2) is 30.5 Å². The standard InChI is InChI=1S/C24H25F2N3O3S2/c1-14(2)23-22-20(13-29(23)12-15-4-7-17(25)8-5-15)33-24(28-22)27-21(30)10-16-6-9-18(11-19(16)26)34(3,31)32/h4-9,11,14,23H,10,12-13H2,1-3H3,(H,27,28,30)/t23-/m0/s1. The Bertz CT molecular complexity index is 1320. The lowest BCUT2D eigenvalue weighted by atomic mass is 10.0. The Morgan fingerprint density at radius 3 is 2.53 bits per heavy atom. The van der Waals surface area contributed by atoms with E-state index in [0.29, 0.717) is 18.2 Å². The maximum Gasteiger partial charge on any atom is 0.230 e. The van der Waals surface area contributed by atoms with Gasteiger partial charge in [0, 0.05) is 24.2 Å². The molecule has 0 unspecified atom stereocenters. The van der Waals surface area contributed by atoms with Gasteiger partial charge in [0.25, 0.3) is 0 Å². The first-order valence-corrected chi connectivity index (χ1v) is 13.5. The maximum atomic E-state index is 14.3. The van der Waals surface area contributed by atoms with Crippen LogP contribution in [0, 0.1) is 17.6 Å². The molecule has 3 aromatic rings. The number of nitrogens with one attached hydrogen (secondary N) is 1. The Morgan fingerprint density at radius 2 is 1.91 bits per heavy atom. The van der Waals surface area contributed by atoms with Crippen LogP contribution in [0.2, 0.25) is 0 Å². The molecule has 1 aromatic heterocycles. The van der Waals surface area contributed by atoms with Crippen LogP contribution in [0.5, 0.6) is 0 Å². The third-order valence-electron chi connectivity index (χ3n) is 5.73. The fraction of sp³-hybridized carbons (Fsp3) is 0.333. The highest BCUT2D eigenvalue weighted by atomic mass is 32.2. The molecule has 1 amide bonds. The molecule has 0 aliphatic carbocycles. The molecule has 0 bridgehead atoms. The normalized spacial score (nSPS) is 16.1. The summed E-state index contributed by atoms with van der Waals surface area (Å²) >= 11 is 1.39. The lowest BCUT2D eigenvalue weighted by Gasteiger charge is -2.27. The number of nitrogens with zero attached hydrogens (tertiary/aromatic N) is 2. The van der Waals surface area contributed by atoms with E-state index in [0.717, 1.165) is 28.5 Å². The number of thiazole rings is 1. The van der Waals surface area contributed by atoms with Crippen LogP contribution < -0.4 is 5.32 Å². The average Bonchev–Trinajstić information content (AvgIpc) is 3.26. The van der Waals surface area contributed by atoms with E-state index in [1.165, 1.54) is 35.6 Å². The molecule has 0 saturated carbocycles. The molecule has 0 fully saturated rings. The predicted octanol–water partition coefficient (Wildman–Crippen LogP) is 4.72. The first-order valence-electron chi connectivity index (χ1n) is 10.8. The van der Waals surface area contributed by atoms with Crippen molar-refractivity contribution >= 4 is 32.2 Å². The quantitative estimate of drug-likeness (QED) is 0.503. The first kappa shape index (κ1) is 24.4. The van der Waals surface area contributed by atoms with Gasteiger partial charge in [-0.15, -0.1) is 11.3 Å². The highest BCUT2D eigenvalue weighted by molar-refractivity contribution is 7.90. The predicted molar refractivity (Wildman–Crippen MR) is 127 cm³/mol. The number of aromatic nitrogens is 1. The van der Waals surface area contributed by atoms with Gasteiger partial charge in [0.1, 0.15) is 11.6 Å². The molecule has 4 rings (SSSR count). The Hall–Kier alpha value is -2.69. The van der Waals surface area contributed by atoms with Crippen molar-refractivity contribution in [1.29, 1.82) is 0 Å². The van der Waals surface area contributed by atoms with Crippen molar-refractivity contribution < 1.29 is 22.0 Å². The summed E-state index contributed by atoms with van der Waals surface area (Å²) in [5.74, 6) is -1.16. The summed E-state index contributed by atoms with van der Waals surface area (Å²) in [6.07, 6.45) is 0.769. The molecule has 1 aliphatic heterocycles. The van der Waals surface area contributed by atoms with Crippen LogP contribution >= 0.6 is 11.3 Å². The van der Waals surface area contributed by atoms with E-state index >= 15 is 0 Å². The van der Waals surface area contributed by atoms with Gasteiger partial charge in [-0.25, -0.2) is 22.2 Å². The highest BCUT2D eigenvalue weighted by Crippen LogP contribution is 2.43. The molecule has 1 N–H and O–H groups in total. The largest absolute Gasteiger partial charge is 0.302 e. The van der Waals surface area contributed by atoms with E-state index in [1.54, 1.807) is 12.1 Å². The Kier molecular flexibility index (Phi) is 6.84. The maximum absolute atomic E-state index is 14.3. The number of carbonyl (C=O) groups is 1. The average molecular weight is 506 g/mol. The van der Waals surface area contributed by atoms with Crippen molar-refractivity contribution in [2.45, 2.75) is 44.3 Å². The number of fused-ring (bicyclic) bond motifs is 1. The van der Waals surface area contributed by atoms with Crippen LogP contribution in [0.15, 0.2) is 47.4 Å². The molecule has 10 heteroatoms. The van der Waals surface area contributed by atoms with Crippen LogP contribution in [0.1, 0.15) is 41.6 Å². The van der Waals surface area contributed by atoms with Crippen molar-refractivity contribution in [2.75, 3.05) is 11.6 Å². The lowest BCUT2D eigenvalue weighted by Crippen LogP contribution is -2.26. The summed E-state index contributed by atoms with van der Waals surface area (Å²) in [5.41, 5.74) is 2.04. The molecule has 0 radical (unpaired) electrons. The number of anilines is 1. The van der Waals surface area contributed by atoms with Crippen LogP contribution in [0.3, 0.4) is 0 Å². The molecule has 6 nitrogen and oxygen atoms in total. The van der Waals surface area contributed by atoms with E-state index in [-0.39, 0.29) is 34.7 Å². The van der Waals surface area contributed by atoms with Gasteiger partial charge in [-0.2, -0.15) is 0 Å². The number of hydrogen-bond acceptors (Lipinski definition) is 6. The third-order valence-corrected chi connectivity index (χ3v) is 7.81. The van der Waals surface area contributed by atoms with E-state index in [2.05, 4.69) is 29.0 Å². The number of hydrogen-bond donors (Lipinski definition) is 1. The Labute approximate surface area is 201 Å². The van der Waals surface area contributed by atoms with Crippen LogP contribution in [0.4, 0.5) is 13.9 Å². The molecule has 180 valence electrons. The van der Waals surface area contributed by atoms with Crippen molar-refractivity contribution in [2.24, 2.45) is 5.92 Å². The minimum absolute atomic E-state index is 0.0583. The second-order valence-electron chi connectivity index (χ2n) is 8.80. The molecule has 1 atom stereocenters. The highest BCUT2D eigenvalue weighted by Gasteiger charge is 2.36. The number of carbonyl (C=O) groups excluding carboxylic acids is 1. The van der Waals surface area contributed by atoms with Gasteiger partial charge in [0.2, 0.25) is 5.91 Å². The minimum atomic E-state index is -3.53. The fourth-order valence-electron chi connectivity index (χ4n) is 4.17. The summed E-state index contributed by atoms with van der Waals surface area (Å²) < 4.78 is 50.7. The van der Waals surface area contributed by atoms with Gasteiger partial charge in [-0.3, -0.25) is 9.69 Å². The van der Waals surface area contributed by atoms with Crippen LogP contribution in [0.25, 0.3) is 0 Å². The topological polar surface area (TPSA) is 79.4 Å². The second kappa shape index (κ2) is 9.52. The summed E-state index contributed by atoms with van der Waals surface area (Å²) in [5, 5.41) is 3.20. The van der Waals surface area contributed by atoms with Gasteiger partial charge < -0.3 is 5.32 Å². The zero-order valence-electron chi connectivity index (χ0n) is 19.0. The van der Waals surface area contributed by atoms with E-state index in [1.807, 2.05) is 0 Å². The van der Waals surface area contributed by atoms with E-state index < -0.39 is 21.6 Å². The molecule has 0 saturated heterocycles. The summed E-state index contributed by atoms with van der Waals surface area (Å²) in [4.78, 5) is 20.4. The SMILES string of the molecule is CC(C)[C@H]1c2nc(NC(=O)Cc3ccc(S(C)(=O)=O)cc3F)sc2CN1Cc1ccc(F)cc1. The van der Waals surface area contributed by atoms with Crippen molar-refractivity contribution in [3.05, 3.63) is 75.8 Å². The number of rotatable bonds is 7. The van der Waals surface area contributed by atoms with Crippen molar-refractivity contribution in [3.63, 3.8) is 0 Å². The summed E-state index contributed by atoms with van der Waals surface area (Å²) in [6.45, 7) is 5.55. The zero-order chi connectivity index (χ0) is 24.6. The lowest BCUT2D eigenvalue weighted by molar-refractivity contribution is -0.115. The van der Waals surface area contributed by atoms with E-state index in [4.69, 9.17) is 0 Å². The summed E-state index contributed by atoms with van der Waals surface area (Å²) in [7, 11) is -3.53. The minimum Gasteiger partial charge on any atom is -0.302 e. The molecule has 0 spiro atoms. The van der Waals surface area contributed by atoms with E-state index in [9.17, 15) is 22.0 Å². The van der Waals surface area contributed by atoms with Crippen molar-refractivity contribution in [3.8, 4) is 0 Å². The molecule has 2 aromatic carbocycles. The van der Waals surface area contributed by atoms with Gasteiger partial charge >= 0.3 is 0 Å². The smallest absolute Gasteiger partial charge is 0.230 e. The molecule has 1 aliphatic rings. The van der Waals surface area contributed by atoms with Crippen LogP contribution in [-0.2, 0) is 34.1 Å². The van der Waals surface area contributed by atoms with Crippen molar-refractivity contribution in [1.82, 2.24) is 9.88 Å². The van der Waals surface area contributed by atoms with Gasteiger partial charge in [0.15, 0.2) is 15.0 Å². The fourth-order valence-corrected chi connectivity index (χ4v) is 5.85. The molecule has 2 heterocycles. The molecular weight excluding hydrogens is 480 g/mol. The monoisotopic (exact) mass is 505 g/mol. The molecular formula is C24H25F2N3O3S2. The number of benzene rings is 2. The summed E-state index contributed by atoms with van der Waals surface area (Å²) in [6, 6.07) is 10.1. The number of halogens is 2. The zero-order valence-corrected chi connectivity index (χ0v) is 20.6. The van der Waals surface area contributed by atoms with Gasteiger partial charge in [-0.1, -0.05) is 32.0 Å². The second-order valence-corrected chi connectivity index (χ2v) is 11.9. The Morgan fingerprint density at radius 1 is 1.21 bits per heavy atom. The third kappa shape index (κ3) is 5.34. The first-order chi connectivity index (χ1) is 16.0. The molecule has 34 heavy (non-hydrogen) atoms. The number of sulfone groups is 1. The number of amides is 1. The Balaban J connectivity index is 1.45. The van der Waals surface area contributed by atoms with Gasteiger partial charge in [-0.05, 0) is 41.3 Å².